The molecule has 29 heavy (non-hydrogen) atoms. The molecule has 1 aromatic heterocycles. The van der Waals surface area contributed by atoms with Crippen LogP contribution in [0.3, 0.4) is 0 Å². The molecule has 0 bridgehead atoms. The zero-order valence-electron chi connectivity index (χ0n) is 17.4. The van der Waals surface area contributed by atoms with Gasteiger partial charge in [0, 0.05) is 49.1 Å². The normalized spacial score (nSPS) is 14.9. The molecule has 1 amide bonds. The lowest BCUT2D eigenvalue weighted by molar-refractivity contribution is -0.117. The van der Waals surface area contributed by atoms with Crippen molar-refractivity contribution in [1.82, 2.24) is 9.88 Å². The second-order valence-electron chi connectivity index (χ2n) is 7.93. The number of anilines is 2. The molecule has 1 aliphatic rings. The van der Waals surface area contributed by atoms with Crippen molar-refractivity contribution >= 4 is 28.2 Å². The van der Waals surface area contributed by atoms with Gasteiger partial charge in [-0.25, -0.2) is 0 Å². The molecule has 5 heteroatoms. The topological polar surface area (TPSA) is 48.5 Å². The first-order valence-corrected chi connectivity index (χ1v) is 10.2. The molecule has 1 saturated heterocycles. The van der Waals surface area contributed by atoms with Gasteiger partial charge in [-0.15, -0.1) is 0 Å². The number of benzene rings is 2. The smallest absolute Gasteiger partial charge is 0.238 e. The van der Waals surface area contributed by atoms with Crippen LogP contribution in [-0.2, 0) is 4.79 Å². The van der Waals surface area contributed by atoms with Crippen LogP contribution in [0.25, 0.3) is 10.9 Å². The zero-order valence-corrected chi connectivity index (χ0v) is 17.4. The SMILES string of the molecule is Cc1ccc2nccc(N3CCN(CC(=O)Nc4c(C)cccc4C)CC3)c2c1. The second kappa shape index (κ2) is 8.21. The van der Waals surface area contributed by atoms with E-state index in [2.05, 4.69) is 51.3 Å². The third kappa shape index (κ3) is 4.25. The maximum atomic E-state index is 12.6. The summed E-state index contributed by atoms with van der Waals surface area (Å²) >= 11 is 0. The molecule has 4 rings (SSSR count). The number of carbonyl (C=O) groups excluding carboxylic acids is 1. The van der Waals surface area contributed by atoms with Gasteiger partial charge in [-0.05, 0) is 50.1 Å². The van der Waals surface area contributed by atoms with E-state index in [1.807, 2.05) is 38.2 Å². The summed E-state index contributed by atoms with van der Waals surface area (Å²) in [6.45, 7) is 10.2. The van der Waals surface area contributed by atoms with E-state index in [0.29, 0.717) is 6.54 Å². The van der Waals surface area contributed by atoms with Crippen LogP contribution in [0.1, 0.15) is 16.7 Å². The molecule has 1 N–H and O–H groups in total. The minimum absolute atomic E-state index is 0.0563. The van der Waals surface area contributed by atoms with Gasteiger partial charge in [-0.3, -0.25) is 14.7 Å². The van der Waals surface area contributed by atoms with Gasteiger partial charge >= 0.3 is 0 Å². The minimum Gasteiger partial charge on any atom is -0.368 e. The third-order valence-corrected chi connectivity index (χ3v) is 5.70. The van der Waals surface area contributed by atoms with Crippen molar-refractivity contribution in [2.75, 3.05) is 42.9 Å². The largest absolute Gasteiger partial charge is 0.368 e. The number of rotatable bonds is 4. The lowest BCUT2D eigenvalue weighted by atomic mass is 10.1. The number of pyridine rings is 1. The monoisotopic (exact) mass is 388 g/mol. The molecule has 5 nitrogen and oxygen atoms in total. The van der Waals surface area contributed by atoms with Crippen molar-refractivity contribution in [2.45, 2.75) is 20.8 Å². The number of nitrogens with zero attached hydrogens (tertiary/aromatic N) is 3. The molecule has 3 aromatic rings. The molecule has 0 atom stereocenters. The number of fused-ring (bicyclic) bond motifs is 1. The highest BCUT2D eigenvalue weighted by Gasteiger charge is 2.21. The summed E-state index contributed by atoms with van der Waals surface area (Å²) in [5, 5.41) is 4.30. The number of aromatic nitrogens is 1. The van der Waals surface area contributed by atoms with E-state index in [0.717, 1.165) is 48.5 Å². The van der Waals surface area contributed by atoms with Gasteiger partial charge in [0.1, 0.15) is 0 Å². The molecule has 0 aliphatic carbocycles. The molecule has 1 fully saturated rings. The Morgan fingerprint density at radius 1 is 1.00 bits per heavy atom. The number of hydrogen-bond acceptors (Lipinski definition) is 4. The molecule has 0 radical (unpaired) electrons. The van der Waals surface area contributed by atoms with E-state index >= 15 is 0 Å². The van der Waals surface area contributed by atoms with E-state index in [1.54, 1.807) is 0 Å². The van der Waals surface area contributed by atoms with Crippen molar-refractivity contribution in [2.24, 2.45) is 0 Å². The molecule has 0 spiro atoms. The Morgan fingerprint density at radius 3 is 2.45 bits per heavy atom. The number of para-hydroxylation sites is 1. The third-order valence-electron chi connectivity index (χ3n) is 5.70. The maximum Gasteiger partial charge on any atom is 0.238 e. The minimum atomic E-state index is 0.0563. The fourth-order valence-electron chi connectivity index (χ4n) is 4.06. The molecule has 1 aliphatic heterocycles. The Labute approximate surface area is 172 Å². The summed E-state index contributed by atoms with van der Waals surface area (Å²) < 4.78 is 0. The summed E-state index contributed by atoms with van der Waals surface area (Å²) in [5.41, 5.74) is 6.65. The van der Waals surface area contributed by atoms with Crippen LogP contribution in [0.4, 0.5) is 11.4 Å². The highest BCUT2D eigenvalue weighted by Crippen LogP contribution is 2.27. The Morgan fingerprint density at radius 2 is 1.72 bits per heavy atom. The van der Waals surface area contributed by atoms with Crippen LogP contribution in [0.2, 0.25) is 0 Å². The fourth-order valence-corrected chi connectivity index (χ4v) is 4.06. The van der Waals surface area contributed by atoms with Crippen molar-refractivity contribution in [3.63, 3.8) is 0 Å². The highest BCUT2D eigenvalue weighted by molar-refractivity contribution is 5.94. The van der Waals surface area contributed by atoms with Crippen molar-refractivity contribution in [3.05, 3.63) is 65.4 Å². The Bertz CT molecular complexity index is 1020. The van der Waals surface area contributed by atoms with Gasteiger partial charge in [0.2, 0.25) is 5.91 Å². The fraction of sp³-hybridized carbons (Fsp3) is 0.333. The summed E-state index contributed by atoms with van der Waals surface area (Å²) in [5.74, 6) is 0.0563. The molecule has 0 saturated carbocycles. The molecule has 150 valence electrons. The average molecular weight is 389 g/mol. The first-order chi connectivity index (χ1) is 14.0. The van der Waals surface area contributed by atoms with Crippen LogP contribution in [0.5, 0.6) is 0 Å². The Kier molecular flexibility index (Phi) is 5.49. The van der Waals surface area contributed by atoms with E-state index in [4.69, 9.17) is 0 Å². The van der Waals surface area contributed by atoms with Gasteiger partial charge in [-0.1, -0.05) is 29.8 Å². The first-order valence-electron chi connectivity index (χ1n) is 10.2. The number of aryl methyl sites for hydroxylation is 3. The van der Waals surface area contributed by atoms with Gasteiger partial charge in [0.15, 0.2) is 0 Å². The van der Waals surface area contributed by atoms with E-state index < -0.39 is 0 Å². The van der Waals surface area contributed by atoms with Gasteiger partial charge in [0.05, 0.1) is 12.1 Å². The van der Waals surface area contributed by atoms with E-state index in [9.17, 15) is 4.79 Å². The summed E-state index contributed by atoms with van der Waals surface area (Å²) in [6, 6.07) is 14.6. The summed E-state index contributed by atoms with van der Waals surface area (Å²) in [6.07, 6.45) is 1.89. The van der Waals surface area contributed by atoms with E-state index in [-0.39, 0.29) is 5.91 Å². The van der Waals surface area contributed by atoms with Crippen LogP contribution in [0, 0.1) is 20.8 Å². The number of piperazine rings is 1. The van der Waals surface area contributed by atoms with Crippen LogP contribution in [0.15, 0.2) is 48.7 Å². The average Bonchev–Trinajstić information content (AvgIpc) is 2.71. The number of amides is 1. The van der Waals surface area contributed by atoms with Crippen molar-refractivity contribution < 1.29 is 4.79 Å². The number of carbonyl (C=O) groups is 1. The standard InChI is InChI=1S/C24H28N4O/c1-17-7-8-21-20(15-17)22(9-10-25-21)28-13-11-27(12-14-28)16-23(29)26-24-18(2)5-4-6-19(24)3/h4-10,15H,11-14,16H2,1-3H3,(H,26,29). The summed E-state index contributed by atoms with van der Waals surface area (Å²) in [4.78, 5) is 21.7. The quantitative estimate of drug-likeness (QED) is 0.736. The molecular weight excluding hydrogens is 360 g/mol. The van der Waals surface area contributed by atoms with Gasteiger partial charge in [0.25, 0.3) is 0 Å². The van der Waals surface area contributed by atoms with Crippen molar-refractivity contribution in [1.29, 1.82) is 0 Å². The predicted octanol–water partition coefficient (Wildman–Crippen LogP) is 3.92. The Balaban J connectivity index is 1.39. The molecule has 2 aromatic carbocycles. The lowest BCUT2D eigenvalue weighted by Crippen LogP contribution is -2.48. The van der Waals surface area contributed by atoms with Crippen LogP contribution >= 0.6 is 0 Å². The lowest BCUT2D eigenvalue weighted by Gasteiger charge is -2.36. The van der Waals surface area contributed by atoms with Gasteiger partial charge < -0.3 is 10.2 Å². The van der Waals surface area contributed by atoms with Crippen LogP contribution < -0.4 is 10.2 Å². The van der Waals surface area contributed by atoms with Crippen molar-refractivity contribution in [3.8, 4) is 0 Å². The van der Waals surface area contributed by atoms with Gasteiger partial charge in [-0.2, -0.15) is 0 Å². The van der Waals surface area contributed by atoms with E-state index in [1.165, 1.54) is 16.6 Å². The number of nitrogens with one attached hydrogen (secondary N) is 1. The Hall–Kier alpha value is -2.92. The van der Waals surface area contributed by atoms with Crippen LogP contribution in [-0.4, -0.2) is 48.5 Å². The second-order valence-corrected chi connectivity index (χ2v) is 7.93. The zero-order chi connectivity index (χ0) is 20.4. The predicted molar refractivity (Wildman–Crippen MR) is 120 cm³/mol. The molecular formula is C24H28N4O. The summed E-state index contributed by atoms with van der Waals surface area (Å²) in [7, 11) is 0. The highest BCUT2D eigenvalue weighted by atomic mass is 16.2. The molecule has 0 unspecified atom stereocenters. The first kappa shape index (κ1) is 19.4. The number of hydrogen-bond donors (Lipinski definition) is 1. The maximum absolute atomic E-state index is 12.6. The molecule has 2 heterocycles.